The number of nitrogens with one attached hydrogen (secondary N) is 2. The summed E-state index contributed by atoms with van der Waals surface area (Å²) in [4.78, 5) is 26.2. The Kier molecular flexibility index (Phi) is 3.10. The van der Waals surface area contributed by atoms with E-state index in [1.165, 1.54) is 0 Å². The van der Waals surface area contributed by atoms with Crippen LogP contribution in [0.25, 0.3) is 22.3 Å². The summed E-state index contributed by atoms with van der Waals surface area (Å²) in [6.45, 7) is 3.54. The highest BCUT2D eigenvalue weighted by Gasteiger charge is 2.06. The number of H-pyrrole nitrogens is 2. The number of aromatic amines is 2. The van der Waals surface area contributed by atoms with Crippen LogP contribution >= 0.6 is 0 Å². The molecule has 5 heteroatoms. The van der Waals surface area contributed by atoms with Crippen LogP contribution in [0.15, 0.2) is 24.4 Å². The van der Waals surface area contributed by atoms with E-state index in [2.05, 4.69) is 26.0 Å². The average molecular weight is 268 g/mol. The van der Waals surface area contributed by atoms with Gasteiger partial charge in [-0.25, -0.2) is 9.97 Å². The molecule has 0 fully saturated rings. The minimum Gasteiger partial charge on any atom is -0.342 e. The number of carbonyl (C=O) groups is 1. The summed E-state index contributed by atoms with van der Waals surface area (Å²) in [6, 6.07) is 6.06. The third-order valence-electron chi connectivity index (χ3n) is 3.25. The number of carbonyl (C=O) groups excluding carboxylic acids is 1. The zero-order chi connectivity index (χ0) is 14.1. The summed E-state index contributed by atoms with van der Waals surface area (Å²) in [5.74, 6) is 1.93. The van der Waals surface area contributed by atoms with Crippen molar-refractivity contribution in [2.45, 2.75) is 26.7 Å². The van der Waals surface area contributed by atoms with Crippen molar-refractivity contribution >= 4 is 16.8 Å². The smallest absolute Gasteiger partial charge is 0.130 e. The van der Waals surface area contributed by atoms with Gasteiger partial charge in [0.1, 0.15) is 17.4 Å². The minimum atomic E-state index is 0.178. The van der Waals surface area contributed by atoms with E-state index in [0.29, 0.717) is 12.8 Å². The Balaban J connectivity index is 1.88. The van der Waals surface area contributed by atoms with Gasteiger partial charge in [-0.2, -0.15) is 0 Å². The maximum atomic E-state index is 11.0. The molecule has 0 unspecified atom stereocenters. The second-order valence-electron chi connectivity index (χ2n) is 5.00. The highest BCUT2D eigenvalue weighted by atomic mass is 16.1. The van der Waals surface area contributed by atoms with E-state index < -0.39 is 0 Å². The molecule has 0 radical (unpaired) electrons. The highest BCUT2D eigenvalue weighted by molar-refractivity contribution is 5.81. The Morgan fingerprint density at radius 3 is 2.95 bits per heavy atom. The molecule has 0 aliphatic heterocycles. The minimum absolute atomic E-state index is 0.178. The molecule has 3 rings (SSSR count). The quantitative estimate of drug-likeness (QED) is 0.764. The van der Waals surface area contributed by atoms with Gasteiger partial charge in [0.15, 0.2) is 0 Å². The Morgan fingerprint density at radius 2 is 2.15 bits per heavy atom. The predicted octanol–water partition coefficient (Wildman–Crippen LogP) is 2.78. The fourth-order valence-electron chi connectivity index (χ4n) is 2.24. The maximum absolute atomic E-state index is 11.0. The topological polar surface area (TPSA) is 74.4 Å². The number of ketones is 1. The molecule has 0 saturated heterocycles. The Labute approximate surface area is 116 Å². The van der Waals surface area contributed by atoms with E-state index in [1.54, 1.807) is 13.1 Å². The second-order valence-corrected chi connectivity index (χ2v) is 5.00. The molecular weight excluding hydrogens is 252 g/mol. The number of nitrogens with zero attached hydrogens (tertiary/aromatic N) is 2. The lowest BCUT2D eigenvalue weighted by molar-refractivity contribution is -0.117. The Hall–Kier alpha value is -2.43. The average Bonchev–Trinajstić information content (AvgIpc) is 3.00. The summed E-state index contributed by atoms with van der Waals surface area (Å²) >= 11 is 0. The number of hydrogen-bond donors (Lipinski definition) is 2. The highest BCUT2D eigenvalue weighted by Crippen LogP contribution is 2.22. The molecule has 102 valence electrons. The van der Waals surface area contributed by atoms with Crippen molar-refractivity contribution in [1.29, 1.82) is 0 Å². The van der Waals surface area contributed by atoms with Gasteiger partial charge in [0.05, 0.1) is 22.9 Å². The van der Waals surface area contributed by atoms with Gasteiger partial charge in [0.25, 0.3) is 0 Å². The van der Waals surface area contributed by atoms with Gasteiger partial charge in [-0.15, -0.1) is 0 Å². The maximum Gasteiger partial charge on any atom is 0.130 e. The largest absolute Gasteiger partial charge is 0.342 e. The molecule has 2 N–H and O–H groups in total. The van der Waals surface area contributed by atoms with E-state index in [0.717, 1.165) is 33.9 Å². The standard InChI is InChI=1S/C15H16N4O/c1-9(20)3-6-15-16-8-14(19-15)11-4-5-12-13(7-11)18-10(2)17-12/h4-5,7-8H,3,6H2,1-2H3,(H,16,19)(H,17,18). The zero-order valence-corrected chi connectivity index (χ0v) is 11.5. The first kappa shape index (κ1) is 12.6. The van der Waals surface area contributed by atoms with Crippen molar-refractivity contribution in [2.75, 3.05) is 0 Å². The van der Waals surface area contributed by atoms with Crippen LogP contribution < -0.4 is 0 Å². The number of aryl methyl sites for hydroxylation is 2. The lowest BCUT2D eigenvalue weighted by Crippen LogP contribution is -1.95. The van der Waals surface area contributed by atoms with Crippen LogP contribution in [0.4, 0.5) is 0 Å². The number of fused-ring (bicyclic) bond motifs is 1. The van der Waals surface area contributed by atoms with Crippen molar-refractivity contribution in [3.05, 3.63) is 36.0 Å². The monoisotopic (exact) mass is 268 g/mol. The van der Waals surface area contributed by atoms with Crippen LogP contribution in [-0.4, -0.2) is 25.7 Å². The molecule has 0 aliphatic rings. The van der Waals surface area contributed by atoms with Crippen LogP contribution in [0.3, 0.4) is 0 Å². The van der Waals surface area contributed by atoms with E-state index in [9.17, 15) is 4.79 Å². The summed E-state index contributed by atoms with van der Waals surface area (Å²) < 4.78 is 0. The van der Waals surface area contributed by atoms with Crippen LogP contribution in [0.1, 0.15) is 25.0 Å². The Bertz CT molecular complexity index is 769. The van der Waals surface area contributed by atoms with Crippen molar-refractivity contribution in [3.8, 4) is 11.3 Å². The number of rotatable bonds is 4. The molecular formula is C15H16N4O. The number of imidazole rings is 2. The van der Waals surface area contributed by atoms with E-state index in [-0.39, 0.29) is 5.78 Å². The van der Waals surface area contributed by atoms with Crippen LogP contribution in [-0.2, 0) is 11.2 Å². The first-order valence-corrected chi connectivity index (χ1v) is 6.62. The number of Topliss-reactive ketones (excluding diaryl/α,β-unsaturated/α-hetero) is 1. The predicted molar refractivity (Wildman–Crippen MR) is 77.4 cm³/mol. The van der Waals surface area contributed by atoms with Gasteiger partial charge in [-0.3, -0.25) is 0 Å². The molecule has 0 amide bonds. The normalized spacial score (nSPS) is 11.1. The van der Waals surface area contributed by atoms with Crippen molar-refractivity contribution < 1.29 is 4.79 Å². The molecule has 0 spiro atoms. The number of hydrogen-bond acceptors (Lipinski definition) is 3. The number of benzene rings is 1. The van der Waals surface area contributed by atoms with Gasteiger partial charge >= 0.3 is 0 Å². The number of aromatic nitrogens is 4. The van der Waals surface area contributed by atoms with Crippen LogP contribution in [0.2, 0.25) is 0 Å². The van der Waals surface area contributed by atoms with E-state index in [1.807, 2.05) is 19.1 Å². The van der Waals surface area contributed by atoms with Crippen molar-refractivity contribution in [1.82, 2.24) is 19.9 Å². The van der Waals surface area contributed by atoms with Gasteiger partial charge in [0, 0.05) is 18.4 Å². The molecule has 0 aliphatic carbocycles. The van der Waals surface area contributed by atoms with E-state index >= 15 is 0 Å². The molecule has 2 heterocycles. The van der Waals surface area contributed by atoms with Crippen LogP contribution in [0.5, 0.6) is 0 Å². The third-order valence-corrected chi connectivity index (χ3v) is 3.25. The molecule has 0 bridgehead atoms. The lowest BCUT2D eigenvalue weighted by Gasteiger charge is -1.98. The molecule has 0 saturated carbocycles. The summed E-state index contributed by atoms with van der Waals surface area (Å²) in [5, 5.41) is 0. The molecule has 5 nitrogen and oxygen atoms in total. The zero-order valence-electron chi connectivity index (χ0n) is 11.5. The molecule has 2 aromatic heterocycles. The SMILES string of the molecule is CC(=O)CCc1ncc(-c2ccc3nc(C)[nH]c3c2)[nH]1. The first-order chi connectivity index (χ1) is 9.61. The molecule has 20 heavy (non-hydrogen) atoms. The molecule has 1 aromatic carbocycles. The first-order valence-electron chi connectivity index (χ1n) is 6.62. The lowest BCUT2D eigenvalue weighted by atomic mass is 10.1. The Morgan fingerprint density at radius 1 is 1.30 bits per heavy atom. The van der Waals surface area contributed by atoms with Gasteiger partial charge in [-0.1, -0.05) is 6.07 Å². The van der Waals surface area contributed by atoms with Crippen molar-refractivity contribution in [2.24, 2.45) is 0 Å². The molecule has 0 atom stereocenters. The van der Waals surface area contributed by atoms with Crippen LogP contribution in [0, 0.1) is 6.92 Å². The van der Waals surface area contributed by atoms with Gasteiger partial charge in [0.2, 0.25) is 0 Å². The second kappa shape index (κ2) is 4.92. The fraction of sp³-hybridized carbons (Fsp3) is 0.267. The third kappa shape index (κ3) is 2.47. The van der Waals surface area contributed by atoms with Gasteiger partial charge in [-0.05, 0) is 26.0 Å². The fourth-order valence-corrected chi connectivity index (χ4v) is 2.24. The summed E-state index contributed by atoms with van der Waals surface area (Å²) in [5.41, 5.74) is 3.99. The summed E-state index contributed by atoms with van der Waals surface area (Å²) in [6.07, 6.45) is 2.98. The van der Waals surface area contributed by atoms with Gasteiger partial charge < -0.3 is 14.8 Å². The summed E-state index contributed by atoms with van der Waals surface area (Å²) in [7, 11) is 0. The van der Waals surface area contributed by atoms with Crippen molar-refractivity contribution in [3.63, 3.8) is 0 Å². The molecule has 3 aromatic rings. The van der Waals surface area contributed by atoms with E-state index in [4.69, 9.17) is 0 Å².